The summed E-state index contributed by atoms with van der Waals surface area (Å²) in [5.74, 6) is -1.73. The summed E-state index contributed by atoms with van der Waals surface area (Å²) in [6.45, 7) is 3.56. The quantitative estimate of drug-likeness (QED) is 0.247. The maximum absolute atomic E-state index is 12.3. The van der Waals surface area contributed by atoms with Gasteiger partial charge in [0.1, 0.15) is 5.75 Å². The number of hydrogen-bond acceptors (Lipinski definition) is 5. The first-order valence-electron chi connectivity index (χ1n) is 10.9. The first-order valence-corrected chi connectivity index (χ1v) is 11.2. The van der Waals surface area contributed by atoms with Crippen LogP contribution in [0.4, 0.5) is 11.4 Å². The molecule has 0 aliphatic heterocycles. The third-order valence-corrected chi connectivity index (χ3v) is 5.21. The highest BCUT2D eigenvalue weighted by Gasteiger charge is 2.14. The van der Waals surface area contributed by atoms with Gasteiger partial charge >= 0.3 is 11.8 Å². The first-order chi connectivity index (χ1) is 16.9. The Balaban J connectivity index is 1.56. The minimum atomic E-state index is -0.915. The average molecular weight is 493 g/mol. The van der Waals surface area contributed by atoms with Gasteiger partial charge in [0, 0.05) is 22.0 Å². The monoisotopic (exact) mass is 492 g/mol. The molecule has 0 saturated carbocycles. The molecule has 0 atom stereocenters. The van der Waals surface area contributed by atoms with Gasteiger partial charge in [-0.2, -0.15) is 5.10 Å². The largest absolute Gasteiger partial charge is 0.483 e. The molecule has 3 rings (SSSR count). The van der Waals surface area contributed by atoms with Crippen LogP contribution in [0.3, 0.4) is 0 Å². The Morgan fingerprint density at radius 2 is 1.69 bits per heavy atom. The van der Waals surface area contributed by atoms with Crippen molar-refractivity contribution in [2.45, 2.75) is 20.3 Å². The molecule has 0 radical (unpaired) electrons. The Morgan fingerprint density at radius 3 is 2.49 bits per heavy atom. The number of carbonyl (C=O) groups excluding carboxylic acids is 3. The maximum atomic E-state index is 12.3. The first kappa shape index (κ1) is 25.5. The van der Waals surface area contributed by atoms with Gasteiger partial charge in [0.2, 0.25) is 0 Å². The molecule has 0 aliphatic carbocycles. The molecule has 0 unspecified atom stereocenters. The van der Waals surface area contributed by atoms with Crippen LogP contribution in [0.25, 0.3) is 0 Å². The van der Waals surface area contributed by atoms with Crippen molar-refractivity contribution in [3.63, 3.8) is 0 Å². The van der Waals surface area contributed by atoms with Gasteiger partial charge in [-0.05, 0) is 54.8 Å². The molecule has 8 nitrogen and oxygen atoms in total. The normalized spacial score (nSPS) is 10.6. The van der Waals surface area contributed by atoms with Crippen molar-refractivity contribution in [2.75, 3.05) is 17.2 Å². The highest BCUT2D eigenvalue weighted by atomic mass is 35.5. The fraction of sp³-hybridized carbons (Fsp3) is 0.154. The average Bonchev–Trinajstić information content (AvgIpc) is 2.86. The molecule has 3 N–H and O–H groups in total. The summed E-state index contributed by atoms with van der Waals surface area (Å²) < 4.78 is 5.62. The molecular formula is C26H25ClN4O4. The highest BCUT2D eigenvalue weighted by Crippen LogP contribution is 2.21. The number of halogens is 1. The van der Waals surface area contributed by atoms with Gasteiger partial charge < -0.3 is 15.4 Å². The molecule has 0 heterocycles. The van der Waals surface area contributed by atoms with E-state index in [1.807, 2.05) is 32.0 Å². The molecule has 3 aromatic carbocycles. The molecule has 9 heteroatoms. The van der Waals surface area contributed by atoms with Crippen molar-refractivity contribution < 1.29 is 19.1 Å². The molecule has 0 aromatic heterocycles. The van der Waals surface area contributed by atoms with Crippen molar-refractivity contribution in [2.24, 2.45) is 5.10 Å². The SMILES string of the molecule is CCc1ccccc1NC(=O)C(=O)N/N=C\c1ccccc1OCC(=O)Nc1cc(Cl)ccc1C. The molecule has 3 aromatic rings. The fourth-order valence-corrected chi connectivity index (χ4v) is 3.29. The zero-order chi connectivity index (χ0) is 25.2. The summed E-state index contributed by atoms with van der Waals surface area (Å²) in [6, 6.07) is 19.3. The minimum absolute atomic E-state index is 0.248. The zero-order valence-corrected chi connectivity index (χ0v) is 20.1. The predicted octanol–water partition coefficient (Wildman–Crippen LogP) is 4.32. The highest BCUT2D eigenvalue weighted by molar-refractivity contribution is 6.39. The smallest absolute Gasteiger partial charge is 0.329 e. The van der Waals surface area contributed by atoms with E-state index in [9.17, 15) is 14.4 Å². The van der Waals surface area contributed by atoms with Gasteiger partial charge in [0.05, 0.1) is 6.21 Å². The Bertz CT molecular complexity index is 1260. The molecule has 0 aliphatic rings. The number of rotatable bonds is 8. The van der Waals surface area contributed by atoms with E-state index in [1.54, 1.807) is 48.5 Å². The number of benzene rings is 3. The Kier molecular flexibility index (Phi) is 8.97. The summed E-state index contributed by atoms with van der Waals surface area (Å²) in [6.07, 6.45) is 2.04. The van der Waals surface area contributed by atoms with Crippen LogP contribution in [0.15, 0.2) is 71.8 Å². The van der Waals surface area contributed by atoms with Crippen molar-refractivity contribution in [3.8, 4) is 5.75 Å². The second kappa shape index (κ2) is 12.3. The molecule has 0 saturated heterocycles. The van der Waals surface area contributed by atoms with E-state index in [2.05, 4.69) is 21.2 Å². The van der Waals surface area contributed by atoms with Gasteiger partial charge in [-0.3, -0.25) is 14.4 Å². The van der Waals surface area contributed by atoms with Crippen LogP contribution in [-0.2, 0) is 20.8 Å². The van der Waals surface area contributed by atoms with Crippen LogP contribution in [0.5, 0.6) is 5.75 Å². The van der Waals surface area contributed by atoms with E-state index in [4.69, 9.17) is 16.3 Å². The van der Waals surface area contributed by atoms with E-state index in [0.717, 1.165) is 11.1 Å². The van der Waals surface area contributed by atoms with Gasteiger partial charge in [-0.15, -0.1) is 0 Å². The number of carbonyl (C=O) groups is 3. The Labute approximate surface area is 208 Å². The van der Waals surface area contributed by atoms with Gasteiger partial charge in [0.25, 0.3) is 5.91 Å². The summed E-state index contributed by atoms with van der Waals surface area (Å²) in [5.41, 5.74) is 5.66. The van der Waals surface area contributed by atoms with Gasteiger partial charge in [-0.25, -0.2) is 5.43 Å². The number of ether oxygens (including phenoxy) is 1. The number of para-hydroxylation sites is 2. The van der Waals surface area contributed by atoms with Crippen LogP contribution < -0.4 is 20.8 Å². The number of nitrogens with one attached hydrogen (secondary N) is 3. The molecular weight excluding hydrogens is 468 g/mol. The maximum Gasteiger partial charge on any atom is 0.329 e. The van der Waals surface area contributed by atoms with Gasteiger partial charge in [0.15, 0.2) is 6.61 Å². The van der Waals surface area contributed by atoms with Crippen molar-refractivity contribution in [1.29, 1.82) is 0 Å². The lowest BCUT2D eigenvalue weighted by Gasteiger charge is -2.11. The molecule has 35 heavy (non-hydrogen) atoms. The molecule has 0 spiro atoms. The lowest BCUT2D eigenvalue weighted by molar-refractivity contribution is -0.136. The van der Waals surface area contributed by atoms with Gasteiger partial charge in [-0.1, -0.05) is 54.9 Å². The minimum Gasteiger partial charge on any atom is -0.483 e. The van der Waals surface area contributed by atoms with Crippen LogP contribution in [-0.4, -0.2) is 30.5 Å². The number of hydrogen-bond donors (Lipinski definition) is 3. The number of amides is 3. The second-order valence-corrected chi connectivity index (χ2v) is 7.93. The van der Waals surface area contributed by atoms with Crippen molar-refractivity contribution >= 4 is 46.9 Å². The van der Waals surface area contributed by atoms with E-state index in [0.29, 0.717) is 34.1 Å². The summed E-state index contributed by atoms with van der Waals surface area (Å²) in [5, 5.41) is 9.69. The van der Waals surface area contributed by atoms with Crippen molar-refractivity contribution in [3.05, 3.63) is 88.4 Å². The number of anilines is 2. The molecule has 180 valence electrons. The standard InChI is InChI=1S/C26H25ClN4O4/c1-3-18-8-4-6-10-21(18)30-25(33)26(34)31-28-15-19-9-5-7-11-23(19)35-16-24(32)29-22-14-20(27)13-12-17(22)2/h4-15H,3,16H2,1-2H3,(H,29,32)(H,30,33)(H,31,34)/b28-15-. The van der Waals surface area contributed by atoms with E-state index >= 15 is 0 Å². The number of nitrogens with zero attached hydrogens (tertiary/aromatic N) is 1. The zero-order valence-electron chi connectivity index (χ0n) is 19.3. The summed E-state index contributed by atoms with van der Waals surface area (Å²) in [7, 11) is 0. The van der Waals surface area contributed by atoms with Crippen LogP contribution in [0.2, 0.25) is 5.02 Å². The second-order valence-electron chi connectivity index (χ2n) is 7.50. The lowest BCUT2D eigenvalue weighted by Crippen LogP contribution is -2.32. The van der Waals surface area contributed by atoms with Crippen LogP contribution >= 0.6 is 11.6 Å². The van der Waals surface area contributed by atoms with E-state index in [1.165, 1.54) is 6.21 Å². The summed E-state index contributed by atoms with van der Waals surface area (Å²) in [4.78, 5) is 36.6. The van der Waals surface area contributed by atoms with Crippen LogP contribution in [0, 0.1) is 6.92 Å². The topological polar surface area (TPSA) is 109 Å². The Hall–Kier alpha value is -4.17. The van der Waals surface area contributed by atoms with Crippen molar-refractivity contribution in [1.82, 2.24) is 5.43 Å². The predicted molar refractivity (Wildman–Crippen MR) is 137 cm³/mol. The number of hydrazone groups is 1. The molecule has 3 amide bonds. The van der Waals surface area contributed by atoms with E-state index < -0.39 is 11.8 Å². The third kappa shape index (κ3) is 7.41. The lowest BCUT2D eigenvalue weighted by atomic mass is 10.1. The molecule has 0 fully saturated rings. The Morgan fingerprint density at radius 1 is 0.943 bits per heavy atom. The fourth-order valence-electron chi connectivity index (χ4n) is 3.12. The summed E-state index contributed by atoms with van der Waals surface area (Å²) >= 11 is 5.99. The van der Waals surface area contributed by atoms with E-state index in [-0.39, 0.29) is 12.5 Å². The number of aryl methyl sites for hydroxylation is 2. The van der Waals surface area contributed by atoms with Crippen LogP contribution in [0.1, 0.15) is 23.6 Å². The third-order valence-electron chi connectivity index (χ3n) is 4.97. The molecule has 0 bridgehead atoms.